The predicted molar refractivity (Wildman–Crippen MR) is 99.1 cm³/mol. The number of phosphoric acid groups is 1. The van der Waals surface area contributed by atoms with Gasteiger partial charge in [0.15, 0.2) is 12.1 Å². The number of carbonyl (C=O) groups is 3. The first kappa shape index (κ1) is 31.4. The Morgan fingerprint density at radius 2 is 1.66 bits per heavy atom. The number of quaternary nitrogens is 1. The van der Waals surface area contributed by atoms with Crippen LogP contribution in [0.4, 0.5) is 0 Å². The van der Waals surface area contributed by atoms with Crippen LogP contribution in [0.5, 0.6) is 0 Å². The van der Waals surface area contributed by atoms with Crippen molar-refractivity contribution in [1.29, 1.82) is 5.41 Å². The zero-order chi connectivity index (χ0) is 24.0. The Balaban J connectivity index is -0.000000407. The molecule has 0 aliphatic carbocycles. The summed E-state index contributed by atoms with van der Waals surface area (Å²) in [6, 6.07) is 0. The lowest BCUT2D eigenvalue weighted by molar-refractivity contribution is -0.873. The Labute approximate surface area is 168 Å². The van der Waals surface area contributed by atoms with Gasteiger partial charge in [0, 0.05) is 25.9 Å². The van der Waals surface area contributed by atoms with Crippen LogP contribution in [-0.4, -0.2) is 100 Å². The Hall–Kier alpha value is -2.25. The van der Waals surface area contributed by atoms with Crippen LogP contribution in [-0.2, 0) is 23.7 Å². The largest absolute Gasteiger partial charge is 0.550 e. The first-order valence-electron chi connectivity index (χ1n) is 8.03. The van der Waals surface area contributed by atoms with Crippen LogP contribution in [0.2, 0.25) is 0 Å². The first-order valence-corrected chi connectivity index (χ1v) is 9.60. The fraction of sp³-hybridized carbons (Fsp3) is 0.714. The second kappa shape index (κ2) is 14.7. The van der Waals surface area contributed by atoms with Gasteiger partial charge in [0.25, 0.3) is 0 Å². The summed E-state index contributed by atoms with van der Waals surface area (Å²) >= 11 is 0. The third-order valence-corrected chi connectivity index (χ3v) is 2.52. The first-order chi connectivity index (χ1) is 12.8. The molecule has 0 aromatic carbocycles. The Kier molecular flexibility index (Phi) is 15.9. The van der Waals surface area contributed by atoms with E-state index in [1.807, 2.05) is 21.1 Å². The zero-order valence-electron chi connectivity index (χ0n) is 17.1. The van der Waals surface area contributed by atoms with Crippen LogP contribution in [0.15, 0.2) is 0 Å². The minimum Gasteiger partial charge on any atom is -0.550 e. The van der Waals surface area contributed by atoms with Gasteiger partial charge in [-0.15, -0.1) is 0 Å². The van der Waals surface area contributed by atoms with Crippen LogP contribution in [0.3, 0.4) is 0 Å². The lowest BCUT2D eigenvalue weighted by atomic mass is 10.2. The summed E-state index contributed by atoms with van der Waals surface area (Å²) in [5.41, 5.74) is 4.93. The second-order valence-electron chi connectivity index (χ2n) is 6.66. The number of hydrogen-bond acceptors (Lipinski definition) is 7. The van der Waals surface area contributed by atoms with E-state index in [2.05, 4.69) is 0 Å². The highest BCUT2D eigenvalue weighted by molar-refractivity contribution is 7.45. The molecule has 0 aliphatic heterocycles. The monoisotopic (exact) mass is 446 g/mol. The van der Waals surface area contributed by atoms with Crippen molar-refractivity contribution in [2.75, 3.05) is 41.3 Å². The number of guanidine groups is 1. The molecular formula is C14H31N4O10P. The molecular weight excluding hydrogens is 415 g/mol. The van der Waals surface area contributed by atoms with E-state index >= 15 is 0 Å². The summed E-state index contributed by atoms with van der Waals surface area (Å²) in [5.74, 6) is -2.81. The molecule has 0 heterocycles. The summed E-state index contributed by atoms with van der Waals surface area (Å²) in [5, 5.41) is 25.3. The van der Waals surface area contributed by atoms with Gasteiger partial charge < -0.3 is 49.5 Å². The average molecular weight is 446 g/mol. The lowest BCUT2D eigenvalue weighted by Crippen LogP contribution is -2.45. The number of nitrogens with one attached hydrogen (secondary N) is 1. The van der Waals surface area contributed by atoms with E-state index < -0.39 is 25.9 Å². The van der Waals surface area contributed by atoms with Crippen molar-refractivity contribution in [2.24, 2.45) is 5.73 Å². The Morgan fingerprint density at radius 1 is 1.24 bits per heavy atom. The number of carbonyl (C=O) groups excluding carboxylic acids is 2. The van der Waals surface area contributed by atoms with Crippen LogP contribution in [0.1, 0.15) is 19.8 Å². The summed E-state index contributed by atoms with van der Waals surface area (Å²) in [6.07, 6.45) is -0.607. The SMILES string of the molecule is CCC(=O)OC(CC(=O)[O-])C[N+](C)(C)C.CN(CC(=O)O)C(=N)N.O=P(O)(O)O. The third kappa shape index (κ3) is 33.7. The molecule has 0 aromatic rings. The van der Waals surface area contributed by atoms with Crippen molar-refractivity contribution in [1.82, 2.24) is 4.90 Å². The minimum absolute atomic E-state index is 0.227. The van der Waals surface area contributed by atoms with Gasteiger partial charge >= 0.3 is 19.8 Å². The highest BCUT2D eigenvalue weighted by Crippen LogP contribution is 2.25. The molecule has 0 aliphatic rings. The van der Waals surface area contributed by atoms with Crippen molar-refractivity contribution < 1.29 is 53.1 Å². The van der Waals surface area contributed by atoms with Crippen molar-refractivity contribution in [3.8, 4) is 0 Å². The van der Waals surface area contributed by atoms with E-state index in [9.17, 15) is 19.5 Å². The normalized spacial score (nSPS) is 11.6. The molecule has 15 heteroatoms. The number of aliphatic carboxylic acids is 2. The topological polar surface area (TPSA) is 235 Å². The summed E-state index contributed by atoms with van der Waals surface area (Å²) in [7, 11) is 2.52. The van der Waals surface area contributed by atoms with E-state index in [0.29, 0.717) is 11.0 Å². The summed E-state index contributed by atoms with van der Waals surface area (Å²) < 4.78 is 14.4. The highest BCUT2D eigenvalue weighted by Gasteiger charge is 2.21. The lowest BCUT2D eigenvalue weighted by Gasteiger charge is -2.29. The maximum Gasteiger partial charge on any atom is 0.466 e. The predicted octanol–water partition coefficient (Wildman–Crippen LogP) is -2.88. The number of nitrogens with two attached hydrogens (primary N) is 1. The fourth-order valence-electron chi connectivity index (χ4n) is 1.50. The number of nitrogens with zero attached hydrogens (tertiary/aromatic N) is 2. The molecule has 0 radical (unpaired) electrons. The van der Waals surface area contributed by atoms with Gasteiger partial charge in [-0.2, -0.15) is 0 Å². The molecule has 0 fully saturated rings. The van der Waals surface area contributed by atoms with Gasteiger partial charge in [-0.25, -0.2) is 4.57 Å². The highest BCUT2D eigenvalue weighted by atomic mass is 31.2. The smallest absolute Gasteiger partial charge is 0.466 e. The molecule has 0 saturated heterocycles. The molecule has 14 nitrogen and oxygen atoms in total. The standard InChI is InChI=1S/C10H19NO4.C4H9N3O2.H3O4P/c1-5-10(14)15-8(6-9(12)13)7-11(2,3)4;1-7(4(5)6)2-3(8)9;1-5(2,3)4/h8H,5-7H2,1-4H3;2H2,1H3,(H3,5,6)(H,8,9);(H3,1,2,3,4). The number of carboxylic acid groups (broad SMARTS) is 2. The molecule has 0 saturated carbocycles. The third-order valence-electron chi connectivity index (χ3n) is 2.52. The van der Waals surface area contributed by atoms with Crippen LogP contribution < -0.4 is 10.8 Å². The van der Waals surface area contributed by atoms with Crippen molar-refractivity contribution in [3.63, 3.8) is 0 Å². The van der Waals surface area contributed by atoms with Gasteiger partial charge in [0.05, 0.1) is 21.1 Å². The van der Waals surface area contributed by atoms with Crippen molar-refractivity contribution >= 4 is 31.7 Å². The van der Waals surface area contributed by atoms with E-state index in [-0.39, 0.29) is 31.3 Å². The minimum atomic E-state index is -4.64. The molecule has 0 spiro atoms. The molecule has 7 N–H and O–H groups in total. The van der Waals surface area contributed by atoms with E-state index in [1.165, 1.54) is 7.05 Å². The average Bonchev–Trinajstić information content (AvgIpc) is 2.42. The van der Waals surface area contributed by atoms with E-state index in [1.54, 1.807) is 6.92 Å². The van der Waals surface area contributed by atoms with Gasteiger partial charge in [0.2, 0.25) is 0 Å². The molecule has 1 atom stereocenters. The molecule has 172 valence electrons. The van der Waals surface area contributed by atoms with Crippen LogP contribution in [0, 0.1) is 5.41 Å². The van der Waals surface area contributed by atoms with Crippen molar-refractivity contribution in [3.05, 3.63) is 0 Å². The maximum atomic E-state index is 11.0. The van der Waals surface area contributed by atoms with Gasteiger partial charge in [-0.05, 0) is 0 Å². The maximum absolute atomic E-state index is 11.0. The van der Waals surface area contributed by atoms with E-state index in [4.69, 9.17) is 40.2 Å². The molecule has 0 aromatic heterocycles. The molecule has 29 heavy (non-hydrogen) atoms. The van der Waals surface area contributed by atoms with Crippen LogP contribution >= 0.6 is 7.82 Å². The number of esters is 1. The van der Waals surface area contributed by atoms with Crippen LogP contribution in [0.25, 0.3) is 0 Å². The van der Waals surface area contributed by atoms with Crippen molar-refractivity contribution in [2.45, 2.75) is 25.9 Å². The summed E-state index contributed by atoms with van der Waals surface area (Å²) in [4.78, 5) is 54.1. The molecule has 0 amide bonds. The number of hydrogen-bond donors (Lipinski definition) is 6. The zero-order valence-corrected chi connectivity index (χ0v) is 18.0. The van der Waals surface area contributed by atoms with Gasteiger partial charge in [-0.3, -0.25) is 15.0 Å². The van der Waals surface area contributed by atoms with Gasteiger partial charge in [-0.1, -0.05) is 6.92 Å². The Bertz CT molecular complexity index is 579. The quantitative estimate of drug-likeness (QED) is 0.0725. The van der Waals surface area contributed by atoms with E-state index in [0.717, 1.165) is 4.90 Å². The Morgan fingerprint density at radius 3 is 1.86 bits per heavy atom. The van der Waals surface area contributed by atoms with Gasteiger partial charge in [0.1, 0.15) is 13.1 Å². The second-order valence-corrected chi connectivity index (χ2v) is 7.69. The number of likely N-dealkylation sites (N-methyl/N-ethyl adjacent to an activating group) is 2. The number of ether oxygens (including phenoxy) is 1. The fourth-order valence-corrected chi connectivity index (χ4v) is 1.50. The summed E-state index contributed by atoms with van der Waals surface area (Å²) in [6.45, 7) is 1.90. The number of carboxylic acids is 2. The molecule has 0 rings (SSSR count). The molecule has 0 bridgehead atoms. The molecule has 1 unspecified atom stereocenters. The number of rotatable bonds is 8.